The van der Waals surface area contributed by atoms with Crippen LogP contribution in [0.15, 0.2) is 35.8 Å². The van der Waals surface area contributed by atoms with Crippen molar-refractivity contribution >= 4 is 91.9 Å². The largest absolute Gasteiger partial charge is 0.378 e. The van der Waals surface area contributed by atoms with E-state index in [4.69, 9.17) is 44.9 Å². The number of hydrogen-bond donors (Lipinski definition) is 4. The van der Waals surface area contributed by atoms with E-state index in [1.165, 1.54) is 12.3 Å². The minimum Gasteiger partial charge on any atom is -0.378 e. The van der Waals surface area contributed by atoms with Crippen LogP contribution in [0.2, 0.25) is 15.1 Å². The lowest BCUT2D eigenvalue weighted by Crippen LogP contribution is -2.37. The second-order valence-corrected chi connectivity index (χ2v) is 13.3. The first-order valence-corrected chi connectivity index (χ1v) is 17.4. The van der Waals surface area contributed by atoms with Gasteiger partial charge >= 0.3 is 0 Å². The summed E-state index contributed by atoms with van der Waals surface area (Å²) < 4.78 is 26.7. The molecule has 1 saturated heterocycles. The lowest BCUT2D eigenvalue weighted by atomic mass is 10.1. The van der Waals surface area contributed by atoms with Crippen molar-refractivity contribution in [3.05, 3.63) is 66.9 Å². The van der Waals surface area contributed by atoms with E-state index in [0.717, 1.165) is 17.8 Å². The number of ether oxygens (including phenoxy) is 1. The van der Waals surface area contributed by atoms with Crippen LogP contribution < -0.4 is 15.5 Å². The Morgan fingerprint density at radius 2 is 1.89 bits per heavy atom. The summed E-state index contributed by atoms with van der Waals surface area (Å²) in [5.74, 6) is -0.939. The molecule has 16 heteroatoms. The number of benzene rings is 1. The zero-order valence-electron chi connectivity index (χ0n) is 24.4. The Bertz CT molecular complexity index is 1550. The summed E-state index contributed by atoms with van der Waals surface area (Å²) in [5, 5.41) is 16.3. The highest BCUT2D eigenvalue weighted by Gasteiger charge is 2.26. The van der Waals surface area contributed by atoms with Gasteiger partial charge in [-0.1, -0.05) is 48.1 Å². The SMILES string of the molecule is CCCC(=N)CCN(Cc1csc(C(=O)Nc2c(C(=O)Nc3ccc(Cl)cn3)cc(Cl)cc2N2CCOCC2)c1Cl)CS(=O)O. The van der Waals surface area contributed by atoms with Crippen LogP contribution in [0.25, 0.3) is 0 Å². The molecule has 1 unspecified atom stereocenters. The molecular formula is C29H33Cl3N6O5S2. The number of nitrogens with one attached hydrogen (secondary N) is 3. The number of amides is 2. The molecule has 1 aliphatic rings. The van der Waals surface area contributed by atoms with Crippen LogP contribution in [0.5, 0.6) is 0 Å². The van der Waals surface area contributed by atoms with Crippen LogP contribution in [0, 0.1) is 5.41 Å². The molecule has 1 fully saturated rings. The molecular weight excluding hydrogens is 683 g/mol. The highest BCUT2D eigenvalue weighted by molar-refractivity contribution is 7.79. The molecule has 4 rings (SSSR count). The number of morpholine rings is 1. The third kappa shape index (κ3) is 9.93. The van der Waals surface area contributed by atoms with E-state index in [0.29, 0.717) is 72.7 Å². The van der Waals surface area contributed by atoms with Crippen LogP contribution in [0.4, 0.5) is 17.2 Å². The second kappa shape index (κ2) is 16.8. The third-order valence-electron chi connectivity index (χ3n) is 6.86. The van der Waals surface area contributed by atoms with Gasteiger partial charge in [0.1, 0.15) is 16.6 Å². The molecule has 3 aromatic rings. The van der Waals surface area contributed by atoms with Crippen LogP contribution >= 0.6 is 46.1 Å². The Morgan fingerprint density at radius 3 is 2.56 bits per heavy atom. The predicted octanol–water partition coefficient (Wildman–Crippen LogP) is 6.64. The van der Waals surface area contributed by atoms with Gasteiger partial charge in [0.05, 0.1) is 40.2 Å². The molecule has 1 aliphatic heterocycles. The number of nitrogens with zero attached hydrogens (tertiary/aromatic N) is 3. The lowest BCUT2D eigenvalue weighted by molar-refractivity contribution is 0.102. The third-order valence-corrected chi connectivity index (χ3v) is 9.46. The molecule has 0 radical (unpaired) electrons. The highest BCUT2D eigenvalue weighted by atomic mass is 35.5. The standard InChI is InChI=1S/C29H33Cl3N6O5S2/c1-2-3-21(33)6-7-37(17-45(41)42)15-18-16-44-27(25(18)32)29(40)36-26-22(28(39)35-24-5-4-19(30)14-34-24)12-20(31)13-23(26)38-8-10-43-11-9-38/h4-5,12-14,16,33H,2-3,6-11,15,17H2,1H3,(H,36,40)(H,41,42)(H,34,35,39). The number of halogens is 3. The molecule has 11 nitrogen and oxygen atoms in total. The van der Waals surface area contributed by atoms with Gasteiger partial charge in [0.15, 0.2) is 11.1 Å². The number of thiophene rings is 1. The van der Waals surface area contributed by atoms with Gasteiger partial charge in [0, 0.05) is 43.1 Å². The molecule has 0 aliphatic carbocycles. The first-order valence-electron chi connectivity index (χ1n) is 14.1. The Hall–Kier alpha value is -2.62. The van der Waals surface area contributed by atoms with Gasteiger partial charge in [-0.25, -0.2) is 9.19 Å². The molecule has 2 aromatic heterocycles. The van der Waals surface area contributed by atoms with Gasteiger partial charge in [-0.3, -0.25) is 14.5 Å². The summed E-state index contributed by atoms with van der Waals surface area (Å²) in [6, 6.07) is 6.30. The van der Waals surface area contributed by atoms with Crippen molar-refractivity contribution in [3.8, 4) is 0 Å². The number of pyridine rings is 1. The van der Waals surface area contributed by atoms with Gasteiger partial charge in [-0.05, 0) is 48.1 Å². The molecule has 0 bridgehead atoms. The minimum atomic E-state index is -2.09. The molecule has 45 heavy (non-hydrogen) atoms. The summed E-state index contributed by atoms with van der Waals surface area (Å²) in [4.78, 5) is 35.3. The maximum absolute atomic E-state index is 13.7. The fourth-order valence-corrected chi connectivity index (χ4v) is 6.81. The van der Waals surface area contributed by atoms with E-state index < -0.39 is 22.9 Å². The van der Waals surface area contributed by atoms with Crippen LogP contribution in [0.3, 0.4) is 0 Å². The lowest BCUT2D eigenvalue weighted by Gasteiger charge is -2.31. The first kappa shape index (κ1) is 35.2. The van der Waals surface area contributed by atoms with E-state index in [1.807, 2.05) is 11.8 Å². The monoisotopic (exact) mass is 714 g/mol. The fraction of sp³-hybridized carbons (Fsp3) is 0.379. The quantitative estimate of drug-likeness (QED) is 0.107. The average molecular weight is 716 g/mol. The molecule has 1 aromatic carbocycles. The first-order chi connectivity index (χ1) is 21.5. The number of carbonyl (C=O) groups is 2. The van der Waals surface area contributed by atoms with Gasteiger partial charge in [0.25, 0.3) is 11.8 Å². The maximum Gasteiger partial charge on any atom is 0.267 e. The van der Waals surface area contributed by atoms with Crippen LogP contribution in [-0.2, 0) is 22.4 Å². The van der Waals surface area contributed by atoms with E-state index in [2.05, 4.69) is 15.6 Å². The summed E-state index contributed by atoms with van der Waals surface area (Å²) in [6.07, 6.45) is 3.37. The van der Waals surface area contributed by atoms with Crippen molar-refractivity contribution in [3.63, 3.8) is 0 Å². The second-order valence-electron chi connectivity index (χ2n) is 10.2. The minimum absolute atomic E-state index is 0.119. The summed E-state index contributed by atoms with van der Waals surface area (Å²) in [5.41, 5.74) is 2.08. The summed E-state index contributed by atoms with van der Waals surface area (Å²) in [6.45, 7) is 4.57. The number of carbonyl (C=O) groups excluding carboxylic acids is 2. The Kier molecular flexibility index (Phi) is 13.2. The molecule has 4 N–H and O–H groups in total. The molecule has 242 valence electrons. The molecule has 0 saturated carbocycles. The van der Waals surface area contributed by atoms with E-state index >= 15 is 0 Å². The fourth-order valence-electron chi connectivity index (χ4n) is 4.71. The summed E-state index contributed by atoms with van der Waals surface area (Å²) >= 11 is 18.2. The van der Waals surface area contributed by atoms with E-state index in [1.54, 1.807) is 28.5 Å². The van der Waals surface area contributed by atoms with Gasteiger partial charge in [-0.15, -0.1) is 11.3 Å². The molecule has 1 atom stereocenters. The number of hydrogen-bond acceptors (Lipinski definition) is 9. The zero-order chi connectivity index (χ0) is 32.5. The number of rotatable bonds is 14. The number of aromatic nitrogens is 1. The van der Waals surface area contributed by atoms with Crippen LogP contribution in [0.1, 0.15) is 51.8 Å². The van der Waals surface area contributed by atoms with Crippen molar-refractivity contribution in [2.24, 2.45) is 0 Å². The molecule has 3 heterocycles. The Labute approximate surface area is 283 Å². The van der Waals surface area contributed by atoms with Crippen molar-refractivity contribution in [1.29, 1.82) is 5.41 Å². The van der Waals surface area contributed by atoms with E-state index in [-0.39, 0.29) is 39.4 Å². The molecule has 0 spiro atoms. The normalized spacial score (nSPS) is 14.0. The van der Waals surface area contributed by atoms with Crippen molar-refractivity contribution in [2.45, 2.75) is 32.7 Å². The van der Waals surface area contributed by atoms with E-state index in [9.17, 15) is 18.4 Å². The zero-order valence-corrected chi connectivity index (χ0v) is 28.3. The van der Waals surface area contributed by atoms with Crippen molar-refractivity contribution < 1.29 is 23.1 Å². The summed E-state index contributed by atoms with van der Waals surface area (Å²) in [7, 11) is 0. The van der Waals surface area contributed by atoms with Gasteiger partial charge < -0.3 is 30.2 Å². The maximum atomic E-state index is 13.7. The van der Waals surface area contributed by atoms with Crippen LogP contribution in [-0.4, -0.2) is 74.9 Å². The highest BCUT2D eigenvalue weighted by Crippen LogP contribution is 2.37. The number of anilines is 3. The Morgan fingerprint density at radius 1 is 1.13 bits per heavy atom. The smallest absolute Gasteiger partial charge is 0.267 e. The average Bonchev–Trinajstić information content (AvgIpc) is 3.37. The van der Waals surface area contributed by atoms with Gasteiger partial charge in [-0.2, -0.15) is 0 Å². The topological polar surface area (TPSA) is 148 Å². The van der Waals surface area contributed by atoms with Crippen molar-refractivity contribution in [2.75, 3.05) is 54.3 Å². The molecule has 2 amide bonds. The Balaban J connectivity index is 1.61. The van der Waals surface area contributed by atoms with Crippen molar-refractivity contribution in [1.82, 2.24) is 9.88 Å². The predicted molar refractivity (Wildman–Crippen MR) is 182 cm³/mol. The van der Waals surface area contributed by atoms with Gasteiger partial charge in [0.2, 0.25) is 0 Å².